The Morgan fingerprint density at radius 2 is 1.89 bits per heavy atom. The number of amides is 2. The van der Waals surface area contributed by atoms with Crippen LogP contribution in [0.25, 0.3) is 0 Å². The zero-order chi connectivity index (χ0) is 19.9. The minimum absolute atomic E-state index is 0.0260. The number of carbonyl (C=O) groups is 3. The molecule has 2 aliphatic heterocycles. The molecule has 7 heteroatoms. The maximum atomic E-state index is 12.9. The highest BCUT2D eigenvalue weighted by Gasteiger charge is 2.36. The Bertz CT molecular complexity index is 694. The molecule has 1 aromatic carbocycles. The molecule has 0 bridgehead atoms. The standard InChI is InChI=1S/C21H29N3O4/c1-2-28-19(25)15-23-11-6-12-24(14-13-23)21(27)17-9-10-18(22-20(17)26)16-7-4-3-5-8-16/h3-5,7-8,17-18H,2,6,9-15H2,1H3,(H,22,26). The minimum Gasteiger partial charge on any atom is -0.465 e. The van der Waals surface area contributed by atoms with Crippen LogP contribution >= 0.6 is 0 Å². The van der Waals surface area contributed by atoms with Crippen molar-refractivity contribution in [3.05, 3.63) is 35.9 Å². The van der Waals surface area contributed by atoms with Crippen LogP contribution in [0.1, 0.15) is 37.8 Å². The molecule has 2 aliphatic rings. The number of ether oxygens (including phenoxy) is 1. The number of nitrogens with zero attached hydrogens (tertiary/aromatic N) is 2. The molecule has 2 fully saturated rings. The van der Waals surface area contributed by atoms with Gasteiger partial charge in [0.05, 0.1) is 19.2 Å². The van der Waals surface area contributed by atoms with Crippen molar-refractivity contribution < 1.29 is 19.1 Å². The first kappa shape index (κ1) is 20.3. The fourth-order valence-corrected chi connectivity index (χ4v) is 3.94. The Hall–Kier alpha value is -2.41. The molecular weight excluding hydrogens is 358 g/mol. The van der Waals surface area contributed by atoms with Crippen LogP contribution in [-0.4, -0.2) is 66.9 Å². The largest absolute Gasteiger partial charge is 0.465 e. The average Bonchev–Trinajstić information content (AvgIpc) is 2.94. The highest BCUT2D eigenvalue weighted by Crippen LogP contribution is 2.27. The summed E-state index contributed by atoms with van der Waals surface area (Å²) in [5.74, 6) is -1.13. The van der Waals surface area contributed by atoms with E-state index in [-0.39, 0.29) is 30.4 Å². The zero-order valence-electron chi connectivity index (χ0n) is 16.4. The smallest absolute Gasteiger partial charge is 0.320 e. The van der Waals surface area contributed by atoms with Crippen molar-refractivity contribution in [3.8, 4) is 0 Å². The molecule has 0 aliphatic carbocycles. The van der Waals surface area contributed by atoms with Gasteiger partial charge < -0.3 is 15.0 Å². The van der Waals surface area contributed by atoms with Gasteiger partial charge in [-0.1, -0.05) is 30.3 Å². The van der Waals surface area contributed by atoms with Crippen molar-refractivity contribution in [3.63, 3.8) is 0 Å². The van der Waals surface area contributed by atoms with Crippen molar-refractivity contribution in [1.82, 2.24) is 15.1 Å². The molecule has 2 saturated heterocycles. The second-order valence-corrected chi connectivity index (χ2v) is 7.36. The summed E-state index contributed by atoms with van der Waals surface area (Å²) in [7, 11) is 0. The van der Waals surface area contributed by atoms with E-state index in [4.69, 9.17) is 4.74 Å². The predicted octanol–water partition coefficient (Wildman–Crippen LogP) is 1.35. The molecule has 2 unspecified atom stereocenters. The van der Waals surface area contributed by atoms with Crippen molar-refractivity contribution in [1.29, 1.82) is 0 Å². The van der Waals surface area contributed by atoms with Crippen molar-refractivity contribution in [2.24, 2.45) is 5.92 Å². The van der Waals surface area contributed by atoms with E-state index in [9.17, 15) is 14.4 Å². The molecule has 2 heterocycles. The summed E-state index contributed by atoms with van der Waals surface area (Å²) in [5.41, 5.74) is 1.08. The second kappa shape index (κ2) is 9.68. The van der Waals surface area contributed by atoms with E-state index in [0.717, 1.165) is 24.9 Å². The Morgan fingerprint density at radius 3 is 2.61 bits per heavy atom. The van der Waals surface area contributed by atoms with Gasteiger partial charge in [-0.25, -0.2) is 0 Å². The highest BCUT2D eigenvalue weighted by atomic mass is 16.5. The van der Waals surface area contributed by atoms with Crippen LogP contribution in [0, 0.1) is 5.92 Å². The lowest BCUT2D eigenvalue weighted by Gasteiger charge is -2.32. The normalized spacial score (nSPS) is 23.6. The number of rotatable bonds is 5. The van der Waals surface area contributed by atoms with Crippen LogP contribution in [0.4, 0.5) is 0 Å². The number of hydrogen-bond acceptors (Lipinski definition) is 5. The summed E-state index contributed by atoms with van der Waals surface area (Å²) >= 11 is 0. The third kappa shape index (κ3) is 5.10. The monoisotopic (exact) mass is 387 g/mol. The number of piperidine rings is 1. The van der Waals surface area contributed by atoms with Crippen molar-refractivity contribution in [2.75, 3.05) is 39.3 Å². The molecule has 2 atom stereocenters. The molecule has 152 valence electrons. The first-order chi connectivity index (χ1) is 13.6. The number of esters is 1. The third-order valence-corrected chi connectivity index (χ3v) is 5.44. The molecule has 28 heavy (non-hydrogen) atoms. The highest BCUT2D eigenvalue weighted by molar-refractivity contribution is 6.01. The van der Waals surface area contributed by atoms with E-state index in [1.54, 1.807) is 11.8 Å². The lowest BCUT2D eigenvalue weighted by molar-refractivity contribution is -0.144. The fraction of sp³-hybridized carbons (Fsp3) is 0.571. The molecule has 1 aromatic rings. The van der Waals surface area contributed by atoms with Crippen LogP contribution in [0.3, 0.4) is 0 Å². The van der Waals surface area contributed by atoms with Gasteiger partial charge in [-0.3, -0.25) is 19.3 Å². The van der Waals surface area contributed by atoms with Crippen LogP contribution in [0.2, 0.25) is 0 Å². The van der Waals surface area contributed by atoms with Crippen LogP contribution in [0.15, 0.2) is 30.3 Å². The summed E-state index contributed by atoms with van der Waals surface area (Å²) in [6, 6.07) is 9.84. The lowest BCUT2D eigenvalue weighted by Crippen LogP contribution is -2.48. The van der Waals surface area contributed by atoms with E-state index >= 15 is 0 Å². The first-order valence-corrected chi connectivity index (χ1v) is 10.1. The maximum Gasteiger partial charge on any atom is 0.320 e. The lowest BCUT2D eigenvalue weighted by atomic mass is 9.89. The number of hydrogen-bond donors (Lipinski definition) is 1. The van der Waals surface area contributed by atoms with Crippen molar-refractivity contribution in [2.45, 2.75) is 32.2 Å². The van der Waals surface area contributed by atoms with Crippen LogP contribution < -0.4 is 5.32 Å². The summed E-state index contributed by atoms with van der Waals surface area (Å²) in [6.45, 7) is 4.92. The molecule has 7 nitrogen and oxygen atoms in total. The van der Waals surface area contributed by atoms with E-state index in [1.165, 1.54) is 0 Å². The number of nitrogens with one attached hydrogen (secondary N) is 1. The molecular formula is C21H29N3O4. The quantitative estimate of drug-likeness (QED) is 0.610. The Labute approximate surface area is 166 Å². The molecule has 0 radical (unpaired) electrons. The second-order valence-electron chi connectivity index (χ2n) is 7.36. The number of carbonyl (C=O) groups excluding carboxylic acids is 3. The summed E-state index contributed by atoms with van der Waals surface area (Å²) in [6.07, 6.45) is 2.11. The van der Waals surface area contributed by atoms with Gasteiger partial charge in [0.1, 0.15) is 5.92 Å². The molecule has 0 saturated carbocycles. The molecule has 3 rings (SSSR count). The Morgan fingerprint density at radius 1 is 1.11 bits per heavy atom. The molecule has 1 N–H and O–H groups in total. The van der Waals surface area contributed by atoms with Crippen molar-refractivity contribution >= 4 is 17.8 Å². The van der Waals surface area contributed by atoms with Gasteiger partial charge in [0.15, 0.2) is 0 Å². The minimum atomic E-state index is -0.614. The van der Waals surface area contributed by atoms with E-state index in [0.29, 0.717) is 32.7 Å². The average molecular weight is 387 g/mol. The fourth-order valence-electron chi connectivity index (χ4n) is 3.94. The van der Waals surface area contributed by atoms with Crippen LogP contribution in [-0.2, 0) is 19.1 Å². The van der Waals surface area contributed by atoms with Gasteiger partial charge in [-0.2, -0.15) is 0 Å². The predicted molar refractivity (Wildman–Crippen MR) is 104 cm³/mol. The van der Waals surface area contributed by atoms with Crippen LogP contribution in [0.5, 0.6) is 0 Å². The van der Waals surface area contributed by atoms with Gasteiger partial charge in [-0.05, 0) is 31.7 Å². The van der Waals surface area contributed by atoms with E-state index < -0.39 is 5.92 Å². The first-order valence-electron chi connectivity index (χ1n) is 10.1. The molecule has 0 spiro atoms. The Kier molecular flexibility index (Phi) is 7.03. The van der Waals surface area contributed by atoms with Gasteiger partial charge in [-0.15, -0.1) is 0 Å². The topological polar surface area (TPSA) is 79.0 Å². The zero-order valence-corrected chi connectivity index (χ0v) is 16.4. The SMILES string of the molecule is CCOC(=O)CN1CCCN(C(=O)C2CCC(c3ccccc3)NC2=O)CC1. The maximum absolute atomic E-state index is 12.9. The third-order valence-electron chi connectivity index (χ3n) is 5.44. The number of benzene rings is 1. The van der Waals surface area contributed by atoms with Gasteiger partial charge in [0.2, 0.25) is 11.8 Å². The van der Waals surface area contributed by atoms with E-state index in [2.05, 4.69) is 5.32 Å². The van der Waals surface area contributed by atoms with Gasteiger partial charge >= 0.3 is 5.97 Å². The molecule has 0 aromatic heterocycles. The van der Waals surface area contributed by atoms with Gasteiger partial charge in [0.25, 0.3) is 0 Å². The summed E-state index contributed by atoms with van der Waals surface area (Å²) in [4.78, 5) is 41.0. The van der Waals surface area contributed by atoms with E-state index in [1.807, 2.05) is 35.2 Å². The molecule has 2 amide bonds. The Balaban J connectivity index is 1.53. The summed E-state index contributed by atoms with van der Waals surface area (Å²) in [5, 5.41) is 3.01. The van der Waals surface area contributed by atoms with Gasteiger partial charge in [0, 0.05) is 26.2 Å². The summed E-state index contributed by atoms with van der Waals surface area (Å²) < 4.78 is 5.00.